The van der Waals surface area contributed by atoms with E-state index in [1.54, 1.807) is 12.4 Å². The monoisotopic (exact) mass is 406 g/mol. The Morgan fingerprint density at radius 1 is 1.21 bits per heavy atom. The first-order valence-corrected chi connectivity index (χ1v) is 9.92. The van der Waals surface area contributed by atoms with Crippen LogP contribution in [0.5, 0.6) is 0 Å². The topological polar surface area (TPSA) is 82.3 Å². The number of benzene rings is 1. The van der Waals surface area contributed by atoms with E-state index in [0.29, 0.717) is 16.8 Å². The van der Waals surface area contributed by atoms with E-state index in [1.165, 1.54) is 17.4 Å². The van der Waals surface area contributed by atoms with Crippen molar-refractivity contribution in [1.82, 2.24) is 9.97 Å². The molecule has 0 spiro atoms. The van der Waals surface area contributed by atoms with Crippen molar-refractivity contribution in [1.29, 1.82) is 0 Å². The minimum atomic E-state index is -0.465. The molecule has 0 fully saturated rings. The molecule has 0 amide bonds. The van der Waals surface area contributed by atoms with Gasteiger partial charge in [0, 0.05) is 40.4 Å². The van der Waals surface area contributed by atoms with Gasteiger partial charge >= 0.3 is 11.6 Å². The van der Waals surface area contributed by atoms with Crippen LogP contribution in [0, 0.1) is 13.8 Å². The van der Waals surface area contributed by atoms with E-state index < -0.39 is 11.6 Å². The van der Waals surface area contributed by atoms with Crippen LogP contribution in [-0.4, -0.2) is 15.9 Å². The fraction of sp³-hybridized carbons (Fsp3) is 0.182. The Kier molecular flexibility index (Phi) is 5.22. The van der Waals surface area contributed by atoms with Crippen LogP contribution in [0.15, 0.2) is 57.3 Å². The van der Waals surface area contributed by atoms with Gasteiger partial charge < -0.3 is 9.15 Å². The molecule has 6 nitrogen and oxygen atoms in total. The van der Waals surface area contributed by atoms with Gasteiger partial charge in [-0.1, -0.05) is 0 Å². The molecule has 0 bridgehead atoms. The van der Waals surface area contributed by atoms with Crippen LogP contribution in [-0.2, 0) is 22.6 Å². The molecule has 146 valence electrons. The van der Waals surface area contributed by atoms with Crippen LogP contribution >= 0.6 is 11.3 Å². The lowest BCUT2D eigenvalue weighted by Crippen LogP contribution is -2.10. The first kappa shape index (κ1) is 19.0. The summed E-state index contributed by atoms with van der Waals surface area (Å²) >= 11 is 1.45. The molecule has 0 aliphatic carbocycles. The zero-order valence-electron chi connectivity index (χ0n) is 16.0. The van der Waals surface area contributed by atoms with Crippen LogP contribution in [0.1, 0.15) is 22.4 Å². The molecule has 3 aromatic heterocycles. The number of aryl methyl sites for hydroxylation is 2. The first-order chi connectivity index (χ1) is 14.0. The maximum absolute atomic E-state index is 12.3. The number of pyridine rings is 1. The third kappa shape index (κ3) is 4.25. The Balaban J connectivity index is 1.47. The van der Waals surface area contributed by atoms with E-state index in [-0.39, 0.29) is 13.0 Å². The van der Waals surface area contributed by atoms with Crippen molar-refractivity contribution in [3.05, 3.63) is 80.9 Å². The third-order valence-corrected chi connectivity index (χ3v) is 5.56. The number of esters is 1. The van der Waals surface area contributed by atoms with E-state index in [2.05, 4.69) is 9.97 Å². The highest BCUT2D eigenvalue weighted by Gasteiger charge is 2.13. The summed E-state index contributed by atoms with van der Waals surface area (Å²) in [4.78, 5) is 32.7. The summed E-state index contributed by atoms with van der Waals surface area (Å²) in [6, 6.07) is 8.90. The Morgan fingerprint density at radius 2 is 2.03 bits per heavy atom. The molecule has 1 aromatic carbocycles. The van der Waals surface area contributed by atoms with Crippen molar-refractivity contribution >= 4 is 28.3 Å². The van der Waals surface area contributed by atoms with Crippen molar-refractivity contribution < 1.29 is 13.9 Å². The van der Waals surface area contributed by atoms with Crippen molar-refractivity contribution in [2.75, 3.05) is 0 Å². The lowest BCUT2D eigenvalue weighted by Gasteiger charge is -2.09. The van der Waals surface area contributed by atoms with Crippen LogP contribution < -0.4 is 5.63 Å². The average Bonchev–Trinajstić information content (AvgIpc) is 3.16. The molecule has 0 unspecified atom stereocenters. The number of carbonyl (C=O) groups is 1. The van der Waals surface area contributed by atoms with Crippen molar-refractivity contribution in [2.45, 2.75) is 26.9 Å². The SMILES string of the molecule is Cc1cc2oc(=O)cc(COC(=O)Cc3csc(-c4cccnc4)n3)c2cc1C. The van der Waals surface area contributed by atoms with Gasteiger partial charge in [0.2, 0.25) is 0 Å². The normalized spacial score (nSPS) is 11.0. The second-order valence-corrected chi connectivity index (χ2v) is 7.60. The molecular formula is C22H18N2O4S. The van der Waals surface area contributed by atoms with Gasteiger partial charge in [-0.05, 0) is 49.2 Å². The summed E-state index contributed by atoms with van der Waals surface area (Å²) in [6.45, 7) is 3.94. The molecule has 29 heavy (non-hydrogen) atoms. The molecule has 0 saturated carbocycles. The molecule has 0 radical (unpaired) electrons. The summed E-state index contributed by atoms with van der Waals surface area (Å²) in [5.41, 5.74) is 4.31. The molecule has 0 aliphatic heterocycles. The number of rotatable bonds is 5. The molecule has 4 rings (SSSR count). The number of thiazole rings is 1. The maximum Gasteiger partial charge on any atom is 0.336 e. The second-order valence-electron chi connectivity index (χ2n) is 6.75. The van der Waals surface area contributed by atoms with Crippen LogP contribution in [0.2, 0.25) is 0 Å². The Hall–Kier alpha value is -3.32. The molecular weight excluding hydrogens is 388 g/mol. The first-order valence-electron chi connectivity index (χ1n) is 9.04. The van der Waals surface area contributed by atoms with E-state index >= 15 is 0 Å². The molecule has 0 saturated heterocycles. The van der Waals surface area contributed by atoms with Gasteiger partial charge in [-0.2, -0.15) is 0 Å². The molecule has 3 heterocycles. The minimum absolute atomic E-state index is 0.00301. The number of aromatic nitrogens is 2. The van der Waals surface area contributed by atoms with E-state index in [0.717, 1.165) is 27.1 Å². The number of ether oxygens (including phenoxy) is 1. The highest BCUT2D eigenvalue weighted by molar-refractivity contribution is 7.13. The van der Waals surface area contributed by atoms with Gasteiger partial charge in [0.05, 0.1) is 12.1 Å². The highest BCUT2D eigenvalue weighted by atomic mass is 32.1. The fourth-order valence-electron chi connectivity index (χ4n) is 2.97. The number of hydrogen-bond donors (Lipinski definition) is 0. The van der Waals surface area contributed by atoms with E-state index in [4.69, 9.17) is 9.15 Å². The maximum atomic E-state index is 12.3. The molecule has 0 atom stereocenters. The zero-order valence-corrected chi connectivity index (χ0v) is 16.8. The predicted molar refractivity (Wildman–Crippen MR) is 111 cm³/mol. The summed E-state index contributed by atoms with van der Waals surface area (Å²) in [6.07, 6.45) is 3.50. The van der Waals surface area contributed by atoms with Crippen molar-refractivity contribution in [2.24, 2.45) is 0 Å². The number of fused-ring (bicyclic) bond motifs is 1. The van der Waals surface area contributed by atoms with Gasteiger partial charge in [-0.3, -0.25) is 9.78 Å². The summed E-state index contributed by atoms with van der Waals surface area (Å²) in [7, 11) is 0. The zero-order chi connectivity index (χ0) is 20.4. The quantitative estimate of drug-likeness (QED) is 0.365. The van der Waals surface area contributed by atoms with Gasteiger partial charge in [-0.25, -0.2) is 9.78 Å². The Morgan fingerprint density at radius 3 is 2.83 bits per heavy atom. The van der Waals surface area contributed by atoms with Crippen LogP contribution in [0.3, 0.4) is 0 Å². The molecule has 4 aromatic rings. The molecule has 7 heteroatoms. The number of carbonyl (C=O) groups excluding carboxylic acids is 1. The van der Waals surface area contributed by atoms with E-state index in [1.807, 2.05) is 43.5 Å². The summed E-state index contributed by atoms with van der Waals surface area (Å²) in [5.74, 6) is -0.404. The van der Waals surface area contributed by atoms with Crippen molar-refractivity contribution in [3.63, 3.8) is 0 Å². The highest BCUT2D eigenvalue weighted by Crippen LogP contribution is 2.24. The van der Waals surface area contributed by atoms with E-state index in [9.17, 15) is 9.59 Å². The van der Waals surface area contributed by atoms with Gasteiger partial charge in [0.1, 0.15) is 17.2 Å². The Bertz CT molecular complexity index is 1240. The number of hydrogen-bond acceptors (Lipinski definition) is 7. The summed E-state index contributed by atoms with van der Waals surface area (Å²) < 4.78 is 10.7. The van der Waals surface area contributed by atoms with Gasteiger partial charge in [-0.15, -0.1) is 11.3 Å². The molecule has 0 N–H and O–H groups in total. The molecule has 0 aliphatic rings. The summed E-state index contributed by atoms with van der Waals surface area (Å²) in [5, 5.41) is 3.41. The lowest BCUT2D eigenvalue weighted by molar-refractivity contribution is -0.144. The van der Waals surface area contributed by atoms with Crippen molar-refractivity contribution in [3.8, 4) is 10.6 Å². The second kappa shape index (κ2) is 7.97. The largest absolute Gasteiger partial charge is 0.460 e. The predicted octanol–water partition coefficient (Wildman–Crippen LogP) is 4.21. The minimum Gasteiger partial charge on any atom is -0.460 e. The fourth-order valence-corrected chi connectivity index (χ4v) is 3.78. The van der Waals surface area contributed by atoms with Crippen LogP contribution in [0.25, 0.3) is 21.5 Å². The third-order valence-electron chi connectivity index (χ3n) is 4.62. The lowest BCUT2D eigenvalue weighted by atomic mass is 10.0. The van der Waals surface area contributed by atoms with Gasteiger partial charge in [0.15, 0.2) is 0 Å². The Labute approximate surface area is 170 Å². The van der Waals surface area contributed by atoms with Gasteiger partial charge in [0.25, 0.3) is 0 Å². The number of nitrogens with zero attached hydrogens (tertiary/aromatic N) is 2. The average molecular weight is 406 g/mol. The standard InChI is InChI=1S/C22H18N2O4S/c1-13-6-18-16(8-21(26)28-19(18)7-14(13)2)11-27-20(25)9-17-12-29-22(24-17)15-4-3-5-23-10-15/h3-8,10,12H,9,11H2,1-2H3. The smallest absolute Gasteiger partial charge is 0.336 e. The van der Waals surface area contributed by atoms with Crippen LogP contribution in [0.4, 0.5) is 0 Å².